The van der Waals surface area contributed by atoms with Gasteiger partial charge in [0.25, 0.3) is 5.56 Å². The number of thiophene rings is 1. The van der Waals surface area contributed by atoms with E-state index in [1.165, 1.54) is 16.9 Å². The van der Waals surface area contributed by atoms with Crippen molar-refractivity contribution in [3.8, 4) is 23.5 Å². The van der Waals surface area contributed by atoms with Gasteiger partial charge in [-0.2, -0.15) is 0 Å². The van der Waals surface area contributed by atoms with Crippen molar-refractivity contribution in [1.82, 2.24) is 9.55 Å². The zero-order valence-corrected chi connectivity index (χ0v) is 13.4. The van der Waals surface area contributed by atoms with E-state index in [-0.39, 0.29) is 12.1 Å². The van der Waals surface area contributed by atoms with Crippen LogP contribution in [0.25, 0.3) is 21.3 Å². The molecule has 0 atom stereocenters. The van der Waals surface area contributed by atoms with Crippen LogP contribution in [0, 0.1) is 19.3 Å². The Morgan fingerprint density at radius 1 is 1.32 bits per heavy atom. The Labute approximate surface area is 133 Å². The maximum Gasteiger partial charge on any atom is 0.263 e. The summed E-state index contributed by atoms with van der Waals surface area (Å²) in [4.78, 5) is 18.3. The summed E-state index contributed by atoms with van der Waals surface area (Å²) in [7, 11) is 0. The van der Waals surface area contributed by atoms with Crippen LogP contribution in [0.1, 0.15) is 18.3 Å². The Hall–Kier alpha value is -2.38. The van der Waals surface area contributed by atoms with E-state index in [9.17, 15) is 4.79 Å². The maximum absolute atomic E-state index is 12.9. The summed E-state index contributed by atoms with van der Waals surface area (Å²) in [5, 5.41) is 2.67. The van der Waals surface area contributed by atoms with Gasteiger partial charge in [0.2, 0.25) is 0 Å². The molecule has 4 heteroatoms. The van der Waals surface area contributed by atoms with Crippen LogP contribution in [-0.2, 0) is 13.0 Å². The van der Waals surface area contributed by atoms with Gasteiger partial charge in [-0.1, -0.05) is 42.7 Å². The number of terminal acetylenes is 1. The van der Waals surface area contributed by atoms with Gasteiger partial charge in [0.1, 0.15) is 10.7 Å². The molecule has 0 aliphatic rings. The van der Waals surface area contributed by atoms with Gasteiger partial charge in [-0.3, -0.25) is 9.36 Å². The molecule has 0 aliphatic carbocycles. The Kier molecular flexibility index (Phi) is 3.82. The van der Waals surface area contributed by atoms with E-state index in [2.05, 4.69) is 10.9 Å². The molecule has 3 nitrogen and oxygen atoms in total. The SMILES string of the molecule is C#CCn1c(CC)nc2scc(-c3ccc(C)cc3)c2c1=O. The van der Waals surface area contributed by atoms with Gasteiger partial charge < -0.3 is 0 Å². The van der Waals surface area contributed by atoms with Gasteiger partial charge in [-0.25, -0.2) is 4.98 Å². The third-order valence-corrected chi connectivity index (χ3v) is 4.57. The molecular formula is C18H16N2OS. The average molecular weight is 308 g/mol. The highest BCUT2D eigenvalue weighted by atomic mass is 32.1. The second-order valence-electron chi connectivity index (χ2n) is 5.17. The van der Waals surface area contributed by atoms with Crippen molar-refractivity contribution in [2.75, 3.05) is 0 Å². The average Bonchev–Trinajstić information content (AvgIpc) is 2.95. The topological polar surface area (TPSA) is 34.9 Å². The smallest absolute Gasteiger partial charge is 0.263 e. The Balaban J connectivity index is 2.31. The first-order chi connectivity index (χ1) is 10.7. The monoisotopic (exact) mass is 308 g/mol. The Morgan fingerprint density at radius 3 is 2.68 bits per heavy atom. The number of aromatic nitrogens is 2. The van der Waals surface area contributed by atoms with E-state index in [1.54, 1.807) is 4.57 Å². The fourth-order valence-electron chi connectivity index (χ4n) is 2.54. The number of aryl methyl sites for hydroxylation is 2. The van der Waals surface area contributed by atoms with Crippen molar-refractivity contribution in [2.45, 2.75) is 26.8 Å². The number of benzene rings is 1. The van der Waals surface area contributed by atoms with Crippen molar-refractivity contribution >= 4 is 21.6 Å². The summed E-state index contributed by atoms with van der Waals surface area (Å²) in [6.45, 7) is 4.29. The molecule has 0 aliphatic heterocycles. The van der Waals surface area contributed by atoms with Gasteiger partial charge in [-0.05, 0) is 12.5 Å². The molecule has 22 heavy (non-hydrogen) atoms. The fraction of sp³-hybridized carbons (Fsp3) is 0.222. The van der Waals surface area contributed by atoms with Crippen LogP contribution >= 0.6 is 11.3 Å². The number of hydrogen-bond acceptors (Lipinski definition) is 3. The molecule has 0 N–H and O–H groups in total. The first-order valence-electron chi connectivity index (χ1n) is 7.17. The lowest BCUT2D eigenvalue weighted by molar-refractivity contribution is 0.712. The first-order valence-corrected chi connectivity index (χ1v) is 8.05. The second-order valence-corrected chi connectivity index (χ2v) is 6.03. The molecule has 2 heterocycles. The van der Waals surface area contributed by atoms with Crippen molar-refractivity contribution in [3.63, 3.8) is 0 Å². The minimum Gasteiger partial charge on any atom is -0.284 e. The summed E-state index contributed by atoms with van der Waals surface area (Å²) in [6.07, 6.45) is 6.09. The van der Waals surface area contributed by atoms with Crippen LogP contribution in [0.4, 0.5) is 0 Å². The highest BCUT2D eigenvalue weighted by Gasteiger charge is 2.15. The molecule has 1 aromatic carbocycles. The molecule has 3 rings (SSSR count). The summed E-state index contributed by atoms with van der Waals surface area (Å²) in [5.41, 5.74) is 3.12. The van der Waals surface area contributed by atoms with E-state index in [0.717, 1.165) is 21.8 Å². The molecule has 0 unspecified atom stereocenters. The third kappa shape index (κ3) is 2.34. The van der Waals surface area contributed by atoms with Gasteiger partial charge in [-0.15, -0.1) is 17.8 Å². The van der Waals surface area contributed by atoms with Crippen LogP contribution in [0.15, 0.2) is 34.4 Å². The zero-order valence-electron chi connectivity index (χ0n) is 12.6. The summed E-state index contributed by atoms with van der Waals surface area (Å²) >= 11 is 1.51. The Morgan fingerprint density at radius 2 is 2.05 bits per heavy atom. The lowest BCUT2D eigenvalue weighted by Crippen LogP contribution is -2.24. The van der Waals surface area contributed by atoms with Crippen molar-refractivity contribution in [3.05, 3.63) is 51.4 Å². The molecule has 110 valence electrons. The van der Waals surface area contributed by atoms with Crippen molar-refractivity contribution < 1.29 is 0 Å². The molecule has 0 saturated carbocycles. The van der Waals surface area contributed by atoms with E-state index >= 15 is 0 Å². The van der Waals surface area contributed by atoms with Gasteiger partial charge in [0, 0.05) is 17.4 Å². The van der Waals surface area contributed by atoms with Crippen molar-refractivity contribution in [1.29, 1.82) is 0 Å². The standard InChI is InChI=1S/C18H16N2OS/c1-4-10-20-15(5-2)19-17-16(18(20)21)14(11-22-17)13-8-6-12(3)7-9-13/h1,6-9,11H,5,10H2,2-3H3. The number of nitrogens with zero attached hydrogens (tertiary/aromatic N) is 2. The van der Waals surface area contributed by atoms with E-state index in [1.807, 2.05) is 43.5 Å². The molecule has 0 fully saturated rings. The van der Waals surface area contributed by atoms with Crippen LogP contribution in [0.3, 0.4) is 0 Å². The molecule has 0 radical (unpaired) electrons. The minimum absolute atomic E-state index is 0.0448. The van der Waals surface area contributed by atoms with Crippen LogP contribution in [0.5, 0.6) is 0 Å². The largest absolute Gasteiger partial charge is 0.284 e. The molecule has 0 spiro atoms. The van der Waals surface area contributed by atoms with Crippen LogP contribution < -0.4 is 5.56 Å². The molecular weight excluding hydrogens is 292 g/mol. The first kappa shape index (κ1) is 14.6. The van der Waals surface area contributed by atoms with E-state index in [0.29, 0.717) is 11.8 Å². The second kappa shape index (κ2) is 5.78. The molecule has 0 saturated heterocycles. The molecule has 2 aromatic heterocycles. The van der Waals surface area contributed by atoms with Gasteiger partial charge in [0.15, 0.2) is 0 Å². The van der Waals surface area contributed by atoms with Gasteiger partial charge in [0.05, 0.1) is 11.9 Å². The highest BCUT2D eigenvalue weighted by molar-refractivity contribution is 7.17. The number of hydrogen-bond donors (Lipinski definition) is 0. The molecule has 0 bridgehead atoms. The lowest BCUT2D eigenvalue weighted by atomic mass is 10.0. The third-order valence-electron chi connectivity index (χ3n) is 3.70. The van der Waals surface area contributed by atoms with E-state index in [4.69, 9.17) is 6.42 Å². The normalized spacial score (nSPS) is 10.8. The summed E-state index contributed by atoms with van der Waals surface area (Å²) < 4.78 is 1.60. The van der Waals surface area contributed by atoms with Crippen LogP contribution in [-0.4, -0.2) is 9.55 Å². The predicted molar refractivity (Wildman–Crippen MR) is 92.3 cm³/mol. The zero-order chi connectivity index (χ0) is 15.7. The minimum atomic E-state index is -0.0448. The highest BCUT2D eigenvalue weighted by Crippen LogP contribution is 2.31. The maximum atomic E-state index is 12.9. The van der Waals surface area contributed by atoms with E-state index < -0.39 is 0 Å². The summed E-state index contributed by atoms with van der Waals surface area (Å²) in [5.74, 6) is 3.29. The Bertz CT molecular complexity index is 927. The molecule has 0 amide bonds. The summed E-state index contributed by atoms with van der Waals surface area (Å²) in [6, 6.07) is 8.17. The van der Waals surface area contributed by atoms with Gasteiger partial charge >= 0.3 is 0 Å². The van der Waals surface area contributed by atoms with Crippen molar-refractivity contribution in [2.24, 2.45) is 0 Å². The molecule has 3 aromatic rings. The quantitative estimate of drug-likeness (QED) is 0.693. The number of fused-ring (bicyclic) bond motifs is 1. The lowest BCUT2D eigenvalue weighted by Gasteiger charge is -2.08. The van der Waals surface area contributed by atoms with Crippen LogP contribution in [0.2, 0.25) is 0 Å². The predicted octanol–water partition coefficient (Wildman–Crippen LogP) is 3.63. The fourth-order valence-corrected chi connectivity index (χ4v) is 3.49. The number of rotatable bonds is 3.